The summed E-state index contributed by atoms with van der Waals surface area (Å²) in [7, 11) is 0. The van der Waals surface area contributed by atoms with E-state index in [1.165, 1.54) is 6.20 Å². The number of nitrogen functional groups attached to an aromatic ring is 1. The average molecular weight is 380 g/mol. The summed E-state index contributed by atoms with van der Waals surface area (Å²) in [5.41, 5.74) is 16.7. The lowest BCUT2D eigenvalue weighted by Gasteiger charge is -2.29. The predicted octanol–water partition coefficient (Wildman–Crippen LogP) is 3.66. The SMILES string of the molecule is C=CN=C(N)c1ccc(-n2nc(CC(C)C)c3c2CC(C)(C)CC3=O)cc1N. The van der Waals surface area contributed by atoms with E-state index in [2.05, 4.69) is 39.3 Å². The zero-order valence-electron chi connectivity index (χ0n) is 17.1. The van der Waals surface area contributed by atoms with Gasteiger partial charge in [0.2, 0.25) is 0 Å². The van der Waals surface area contributed by atoms with Gasteiger partial charge in [0.25, 0.3) is 0 Å². The lowest BCUT2D eigenvalue weighted by atomic mass is 9.75. The molecule has 6 heteroatoms. The Bertz CT molecular complexity index is 966. The number of ketones is 1. The van der Waals surface area contributed by atoms with Crippen LogP contribution in [0.2, 0.25) is 0 Å². The van der Waals surface area contributed by atoms with Crippen molar-refractivity contribution in [2.24, 2.45) is 22.1 Å². The third-order valence-electron chi connectivity index (χ3n) is 5.01. The molecule has 0 bridgehead atoms. The van der Waals surface area contributed by atoms with Gasteiger partial charge in [-0.15, -0.1) is 0 Å². The molecular formula is C22H29N5O. The van der Waals surface area contributed by atoms with Crippen LogP contribution in [0.3, 0.4) is 0 Å². The van der Waals surface area contributed by atoms with Gasteiger partial charge in [0.1, 0.15) is 5.84 Å². The van der Waals surface area contributed by atoms with Crippen LogP contribution in [0.25, 0.3) is 5.69 Å². The Balaban J connectivity index is 2.15. The first-order chi connectivity index (χ1) is 13.1. The number of anilines is 1. The van der Waals surface area contributed by atoms with Crippen molar-refractivity contribution in [3.63, 3.8) is 0 Å². The van der Waals surface area contributed by atoms with Crippen molar-refractivity contribution in [2.45, 2.75) is 47.0 Å². The molecule has 0 atom stereocenters. The molecule has 1 aromatic carbocycles. The summed E-state index contributed by atoms with van der Waals surface area (Å²) >= 11 is 0. The molecule has 0 spiro atoms. The van der Waals surface area contributed by atoms with E-state index in [9.17, 15) is 4.79 Å². The molecule has 0 saturated heterocycles. The second-order valence-electron chi connectivity index (χ2n) is 8.69. The largest absolute Gasteiger partial charge is 0.398 e. The number of aromatic nitrogens is 2. The molecule has 4 N–H and O–H groups in total. The van der Waals surface area contributed by atoms with Crippen molar-refractivity contribution in [1.29, 1.82) is 0 Å². The van der Waals surface area contributed by atoms with Gasteiger partial charge in [0.15, 0.2) is 5.78 Å². The van der Waals surface area contributed by atoms with Crippen LogP contribution in [0.15, 0.2) is 36.0 Å². The number of amidine groups is 1. The van der Waals surface area contributed by atoms with Gasteiger partial charge in [0, 0.05) is 23.9 Å². The second kappa shape index (κ2) is 7.26. The minimum Gasteiger partial charge on any atom is -0.398 e. The Morgan fingerprint density at radius 1 is 1.39 bits per heavy atom. The van der Waals surface area contributed by atoms with Crippen LogP contribution in [0.5, 0.6) is 0 Å². The van der Waals surface area contributed by atoms with Crippen molar-refractivity contribution < 1.29 is 4.79 Å². The van der Waals surface area contributed by atoms with Gasteiger partial charge >= 0.3 is 0 Å². The quantitative estimate of drug-likeness (QED) is 0.470. The number of hydrogen-bond donors (Lipinski definition) is 2. The van der Waals surface area contributed by atoms with Crippen LogP contribution in [0.4, 0.5) is 5.69 Å². The molecule has 0 saturated carbocycles. The highest BCUT2D eigenvalue weighted by Gasteiger charge is 2.36. The van der Waals surface area contributed by atoms with Crippen molar-refractivity contribution in [3.05, 3.63) is 53.5 Å². The zero-order valence-corrected chi connectivity index (χ0v) is 17.1. The monoisotopic (exact) mass is 379 g/mol. The topological polar surface area (TPSA) is 99.3 Å². The summed E-state index contributed by atoms with van der Waals surface area (Å²) in [4.78, 5) is 16.9. The van der Waals surface area contributed by atoms with E-state index in [4.69, 9.17) is 16.6 Å². The fraction of sp³-hybridized carbons (Fsp3) is 0.409. The molecule has 1 aromatic heterocycles. The Morgan fingerprint density at radius 2 is 2.11 bits per heavy atom. The molecule has 3 rings (SSSR count). The van der Waals surface area contributed by atoms with E-state index in [0.717, 1.165) is 35.5 Å². The highest BCUT2D eigenvalue weighted by atomic mass is 16.1. The average Bonchev–Trinajstić information content (AvgIpc) is 2.91. The number of Topliss-reactive ketones (excluding diaryl/α,β-unsaturated/α-hetero) is 1. The molecule has 0 fully saturated rings. The summed E-state index contributed by atoms with van der Waals surface area (Å²) in [6.45, 7) is 12.1. The minimum absolute atomic E-state index is 0.0938. The number of carbonyl (C=O) groups is 1. The summed E-state index contributed by atoms with van der Waals surface area (Å²) in [5.74, 6) is 0.913. The van der Waals surface area contributed by atoms with Gasteiger partial charge in [-0.1, -0.05) is 34.3 Å². The molecular weight excluding hydrogens is 350 g/mol. The molecule has 2 aromatic rings. The standard InChI is InChI=1S/C22H29N5O/c1-6-25-21(24)15-8-7-14(10-16(15)23)27-18-11-22(4,5)12-19(28)20(18)17(26-27)9-13(2)3/h6-8,10,13H,1,9,11-12,23H2,2-5H3,(H2,24,25). The molecule has 0 unspecified atom stereocenters. The smallest absolute Gasteiger partial charge is 0.167 e. The first-order valence-corrected chi connectivity index (χ1v) is 9.61. The fourth-order valence-corrected chi connectivity index (χ4v) is 3.85. The molecule has 0 radical (unpaired) electrons. The number of aliphatic imine (C=N–C) groups is 1. The molecule has 6 nitrogen and oxygen atoms in total. The zero-order chi connectivity index (χ0) is 20.6. The molecule has 1 aliphatic rings. The van der Waals surface area contributed by atoms with E-state index in [0.29, 0.717) is 29.4 Å². The van der Waals surface area contributed by atoms with Gasteiger partial charge in [-0.3, -0.25) is 4.79 Å². The van der Waals surface area contributed by atoms with E-state index in [-0.39, 0.29) is 11.2 Å². The summed E-state index contributed by atoms with van der Waals surface area (Å²) in [6, 6.07) is 5.58. The second-order valence-corrected chi connectivity index (χ2v) is 8.69. The first kappa shape index (κ1) is 19.9. The molecule has 1 heterocycles. The van der Waals surface area contributed by atoms with Gasteiger partial charge in [-0.25, -0.2) is 9.67 Å². The van der Waals surface area contributed by atoms with Crippen molar-refractivity contribution in [1.82, 2.24) is 9.78 Å². The van der Waals surface area contributed by atoms with E-state index in [1.807, 2.05) is 22.9 Å². The number of hydrogen-bond acceptors (Lipinski definition) is 4. The van der Waals surface area contributed by atoms with Crippen LogP contribution in [-0.4, -0.2) is 21.4 Å². The van der Waals surface area contributed by atoms with Crippen LogP contribution in [0.1, 0.15) is 61.4 Å². The Hall–Kier alpha value is -2.89. The van der Waals surface area contributed by atoms with Gasteiger partial charge in [0.05, 0.1) is 22.6 Å². The molecule has 28 heavy (non-hydrogen) atoms. The summed E-state index contributed by atoms with van der Waals surface area (Å²) < 4.78 is 1.88. The van der Waals surface area contributed by atoms with E-state index in [1.54, 1.807) is 0 Å². The maximum atomic E-state index is 12.9. The van der Waals surface area contributed by atoms with Crippen LogP contribution >= 0.6 is 0 Å². The maximum Gasteiger partial charge on any atom is 0.167 e. The van der Waals surface area contributed by atoms with Gasteiger partial charge in [-0.05, 0) is 42.4 Å². The highest BCUT2D eigenvalue weighted by molar-refractivity contribution is 6.02. The van der Waals surface area contributed by atoms with Crippen molar-refractivity contribution in [2.75, 3.05) is 5.73 Å². The Kier molecular flexibility index (Phi) is 5.15. The number of rotatable bonds is 5. The molecule has 0 aliphatic heterocycles. The minimum atomic E-state index is -0.0938. The molecule has 1 aliphatic carbocycles. The molecule has 0 amide bonds. The van der Waals surface area contributed by atoms with Crippen LogP contribution in [0, 0.1) is 11.3 Å². The summed E-state index contributed by atoms with van der Waals surface area (Å²) in [6.07, 6.45) is 3.50. The molecule has 148 valence electrons. The summed E-state index contributed by atoms with van der Waals surface area (Å²) in [5, 5.41) is 4.83. The highest BCUT2D eigenvalue weighted by Crippen LogP contribution is 2.38. The van der Waals surface area contributed by atoms with Crippen LogP contribution in [-0.2, 0) is 12.8 Å². The number of nitrogens with two attached hydrogens (primary N) is 2. The Labute approximate surface area is 166 Å². The first-order valence-electron chi connectivity index (χ1n) is 9.61. The number of fused-ring (bicyclic) bond motifs is 1. The van der Waals surface area contributed by atoms with Gasteiger partial charge < -0.3 is 11.5 Å². The number of nitrogens with zero attached hydrogens (tertiary/aromatic N) is 3. The predicted molar refractivity (Wildman–Crippen MR) is 114 cm³/mol. The maximum absolute atomic E-state index is 12.9. The lowest BCUT2D eigenvalue weighted by Crippen LogP contribution is -2.28. The van der Waals surface area contributed by atoms with E-state index >= 15 is 0 Å². The number of benzene rings is 1. The third kappa shape index (κ3) is 3.72. The van der Waals surface area contributed by atoms with Crippen LogP contribution < -0.4 is 11.5 Å². The van der Waals surface area contributed by atoms with Gasteiger partial charge in [-0.2, -0.15) is 5.10 Å². The third-order valence-corrected chi connectivity index (χ3v) is 5.01. The van der Waals surface area contributed by atoms with Crippen molar-refractivity contribution >= 4 is 17.3 Å². The normalized spacial score (nSPS) is 16.3. The van der Waals surface area contributed by atoms with Crippen molar-refractivity contribution in [3.8, 4) is 5.69 Å². The van der Waals surface area contributed by atoms with E-state index < -0.39 is 0 Å². The Morgan fingerprint density at radius 3 is 2.71 bits per heavy atom. The number of carbonyl (C=O) groups excluding carboxylic acids is 1. The fourth-order valence-electron chi connectivity index (χ4n) is 3.85. The lowest BCUT2D eigenvalue weighted by molar-refractivity contribution is 0.0910.